The maximum atomic E-state index is 13.0. The topological polar surface area (TPSA) is 62.6 Å². The van der Waals surface area contributed by atoms with E-state index in [2.05, 4.69) is 5.32 Å². The molecule has 1 aliphatic rings. The zero-order chi connectivity index (χ0) is 20.2. The molecule has 148 valence electrons. The molecule has 1 atom stereocenters. The van der Waals surface area contributed by atoms with Crippen molar-refractivity contribution in [3.05, 3.63) is 95.2 Å². The number of hydrogen-bond donors (Lipinski definition) is 1. The second kappa shape index (κ2) is 8.53. The summed E-state index contributed by atoms with van der Waals surface area (Å²) in [5.41, 5.74) is 2.32. The van der Waals surface area contributed by atoms with Gasteiger partial charge in [0.1, 0.15) is 17.0 Å². The van der Waals surface area contributed by atoms with Gasteiger partial charge in [0.15, 0.2) is 0 Å². The van der Waals surface area contributed by atoms with Crippen LogP contribution in [0, 0.1) is 5.82 Å². The summed E-state index contributed by atoms with van der Waals surface area (Å²) >= 11 is 1.56. The molecular weight excluding hydrogens is 391 g/mol. The third-order valence-corrected chi connectivity index (χ3v) is 5.95. The highest BCUT2D eigenvalue weighted by molar-refractivity contribution is 8.00. The first kappa shape index (κ1) is 19.3. The summed E-state index contributed by atoms with van der Waals surface area (Å²) in [5.74, 6) is 0.717. The summed E-state index contributed by atoms with van der Waals surface area (Å²) in [7, 11) is 0. The average molecular weight is 410 g/mol. The zero-order valence-electron chi connectivity index (χ0n) is 15.5. The summed E-state index contributed by atoms with van der Waals surface area (Å²) < 4.78 is 18.3. The number of carbonyl (C=O) groups excluding carboxylic acids is 2. The number of halogens is 1. The van der Waals surface area contributed by atoms with Crippen molar-refractivity contribution in [1.29, 1.82) is 0 Å². The first-order chi connectivity index (χ1) is 14.1. The van der Waals surface area contributed by atoms with Crippen molar-refractivity contribution in [2.75, 3.05) is 5.75 Å². The SMILES string of the molecule is O=C(NCc1ccc(F)cc1)c1ccc([C@H]2SCC(=O)N2Cc2ccco2)cc1. The van der Waals surface area contributed by atoms with Crippen molar-refractivity contribution in [2.24, 2.45) is 0 Å². The van der Waals surface area contributed by atoms with Crippen LogP contribution in [0.1, 0.15) is 32.6 Å². The van der Waals surface area contributed by atoms with Crippen molar-refractivity contribution >= 4 is 23.6 Å². The third kappa shape index (κ3) is 4.51. The fraction of sp³-hybridized carbons (Fsp3) is 0.182. The van der Waals surface area contributed by atoms with Gasteiger partial charge in [0.25, 0.3) is 5.91 Å². The highest BCUT2D eigenvalue weighted by Gasteiger charge is 2.33. The van der Waals surface area contributed by atoms with Crippen LogP contribution in [0.5, 0.6) is 0 Å². The van der Waals surface area contributed by atoms with E-state index in [0.29, 0.717) is 24.4 Å². The van der Waals surface area contributed by atoms with Gasteiger partial charge < -0.3 is 14.6 Å². The molecule has 7 heteroatoms. The molecule has 0 bridgehead atoms. The van der Waals surface area contributed by atoms with Crippen molar-refractivity contribution in [2.45, 2.75) is 18.5 Å². The molecule has 0 aliphatic carbocycles. The predicted molar refractivity (Wildman–Crippen MR) is 108 cm³/mol. The summed E-state index contributed by atoms with van der Waals surface area (Å²) in [6.07, 6.45) is 1.59. The van der Waals surface area contributed by atoms with Crippen LogP contribution >= 0.6 is 11.8 Å². The third-order valence-electron chi connectivity index (χ3n) is 4.70. The van der Waals surface area contributed by atoms with E-state index < -0.39 is 0 Å². The quantitative estimate of drug-likeness (QED) is 0.664. The van der Waals surface area contributed by atoms with Crippen LogP contribution in [0.3, 0.4) is 0 Å². The molecule has 2 aromatic carbocycles. The molecule has 0 unspecified atom stereocenters. The molecule has 2 heterocycles. The van der Waals surface area contributed by atoms with Crippen LogP contribution in [-0.4, -0.2) is 22.5 Å². The van der Waals surface area contributed by atoms with Crippen LogP contribution < -0.4 is 5.32 Å². The van der Waals surface area contributed by atoms with E-state index in [-0.39, 0.29) is 23.0 Å². The second-order valence-electron chi connectivity index (χ2n) is 6.70. The number of amides is 2. The summed E-state index contributed by atoms with van der Waals surface area (Å²) in [4.78, 5) is 26.4. The Labute approximate surface area is 171 Å². The molecule has 1 N–H and O–H groups in total. The van der Waals surface area contributed by atoms with Gasteiger partial charge in [-0.3, -0.25) is 9.59 Å². The Balaban J connectivity index is 1.40. The van der Waals surface area contributed by atoms with Crippen molar-refractivity contribution in [3.63, 3.8) is 0 Å². The highest BCUT2D eigenvalue weighted by atomic mass is 32.2. The molecular formula is C22H19FN2O3S. The standard InChI is InChI=1S/C22H19FN2O3S/c23-18-9-3-15(4-10-18)12-24-21(27)16-5-7-17(8-6-16)22-25(20(26)14-29-22)13-19-2-1-11-28-19/h1-11,22H,12-14H2,(H,24,27)/t22-/m1/s1. The first-order valence-corrected chi connectivity index (χ1v) is 10.2. The number of hydrogen-bond acceptors (Lipinski definition) is 4. The molecule has 1 saturated heterocycles. The Hall–Kier alpha value is -3.06. The molecule has 0 spiro atoms. The fourth-order valence-corrected chi connectivity index (χ4v) is 4.35. The molecule has 29 heavy (non-hydrogen) atoms. The zero-order valence-corrected chi connectivity index (χ0v) is 16.3. The van der Waals surface area contributed by atoms with Crippen molar-refractivity contribution in [1.82, 2.24) is 10.2 Å². The highest BCUT2D eigenvalue weighted by Crippen LogP contribution is 2.39. The van der Waals surface area contributed by atoms with Gasteiger partial charge in [-0.2, -0.15) is 0 Å². The van der Waals surface area contributed by atoms with Gasteiger partial charge in [0.2, 0.25) is 5.91 Å². The smallest absolute Gasteiger partial charge is 0.251 e. The first-order valence-electron chi connectivity index (χ1n) is 9.16. The molecule has 4 rings (SSSR count). The number of nitrogens with zero attached hydrogens (tertiary/aromatic N) is 1. The Morgan fingerprint density at radius 2 is 1.90 bits per heavy atom. The lowest BCUT2D eigenvalue weighted by Gasteiger charge is -2.23. The Morgan fingerprint density at radius 1 is 1.14 bits per heavy atom. The molecule has 1 fully saturated rings. The normalized spacial score (nSPS) is 16.2. The van der Waals surface area contributed by atoms with Crippen LogP contribution in [0.15, 0.2) is 71.3 Å². The number of thioether (sulfide) groups is 1. The minimum absolute atomic E-state index is 0.0671. The van der Waals surface area contributed by atoms with Crippen LogP contribution in [-0.2, 0) is 17.9 Å². The van der Waals surface area contributed by atoms with Gasteiger partial charge in [-0.05, 0) is 47.5 Å². The van der Waals surface area contributed by atoms with Gasteiger partial charge in [-0.15, -0.1) is 11.8 Å². The number of nitrogens with one attached hydrogen (secondary N) is 1. The Morgan fingerprint density at radius 3 is 2.59 bits per heavy atom. The summed E-state index contributed by atoms with van der Waals surface area (Å²) in [6.45, 7) is 0.744. The molecule has 3 aromatic rings. The van der Waals surface area contributed by atoms with Gasteiger partial charge in [0.05, 0.1) is 18.6 Å². The molecule has 1 aromatic heterocycles. The van der Waals surface area contributed by atoms with E-state index in [9.17, 15) is 14.0 Å². The molecule has 0 radical (unpaired) electrons. The summed E-state index contributed by atoms with van der Waals surface area (Å²) in [6, 6.07) is 16.9. The molecule has 1 aliphatic heterocycles. The fourth-order valence-electron chi connectivity index (χ4n) is 3.16. The van der Waals surface area contributed by atoms with E-state index in [1.54, 1.807) is 53.3 Å². The lowest BCUT2D eigenvalue weighted by Crippen LogP contribution is -2.27. The number of benzene rings is 2. The van der Waals surface area contributed by atoms with Gasteiger partial charge >= 0.3 is 0 Å². The largest absolute Gasteiger partial charge is 0.467 e. The van der Waals surface area contributed by atoms with E-state index in [4.69, 9.17) is 4.42 Å². The average Bonchev–Trinajstić information content (AvgIpc) is 3.38. The molecule has 2 amide bonds. The Bertz CT molecular complexity index is 988. The van der Waals surface area contributed by atoms with E-state index in [1.165, 1.54) is 12.1 Å². The maximum absolute atomic E-state index is 13.0. The van der Waals surface area contributed by atoms with Crippen molar-refractivity contribution < 1.29 is 18.4 Å². The lowest BCUT2D eigenvalue weighted by atomic mass is 10.1. The van der Waals surface area contributed by atoms with Gasteiger partial charge in [-0.1, -0.05) is 24.3 Å². The van der Waals surface area contributed by atoms with Crippen LogP contribution in [0.25, 0.3) is 0 Å². The predicted octanol–water partition coefficient (Wildman–Crippen LogP) is 4.12. The maximum Gasteiger partial charge on any atom is 0.251 e. The number of carbonyl (C=O) groups is 2. The molecule has 5 nitrogen and oxygen atoms in total. The monoisotopic (exact) mass is 410 g/mol. The van der Waals surface area contributed by atoms with Gasteiger partial charge in [0, 0.05) is 12.1 Å². The van der Waals surface area contributed by atoms with E-state index >= 15 is 0 Å². The lowest BCUT2D eigenvalue weighted by molar-refractivity contribution is -0.128. The summed E-state index contributed by atoms with van der Waals surface area (Å²) in [5, 5.41) is 2.72. The second-order valence-corrected chi connectivity index (χ2v) is 7.76. The number of rotatable bonds is 6. The van der Waals surface area contributed by atoms with Crippen LogP contribution in [0.4, 0.5) is 4.39 Å². The Kier molecular flexibility index (Phi) is 5.67. The number of furan rings is 1. The van der Waals surface area contributed by atoms with E-state index in [1.807, 2.05) is 18.2 Å². The van der Waals surface area contributed by atoms with E-state index in [0.717, 1.165) is 16.9 Å². The van der Waals surface area contributed by atoms with Crippen LogP contribution in [0.2, 0.25) is 0 Å². The minimum Gasteiger partial charge on any atom is -0.467 e. The van der Waals surface area contributed by atoms with Crippen molar-refractivity contribution in [3.8, 4) is 0 Å². The minimum atomic E-state index is -0.306. The van der Waals surface area contributed by atoms with Gasteiger partial charge in [-0.25, -0.2) is 4.39 Å². The molecule has 0 saturated carbocycles.